The van der Waals surface area contributed by atoms with Crippen LogP contribution in [-0.4, -0.2) is 33.5 Å². The number of nitrogens with zero attached hydrogens (tertiary/aromatic N) is 1. The predicted octanol–water partition coefficient (Wildman–Crippen LogP) is 2.26. The van der Waals surface area contributed by atoms with E-state index in [9.17, 15) is 14.7 Å². The summed E-state index contributed by atoms with van der Waals surface area (Å²) >= 11 is 0. The Labute approximate surface area is 134 Å². The number of nitrogens with one attached hydrogen (secondary N) is 2. The fourth-order valence-electron chi connectivity index (χ4n) is 3.36. The lowest BCUT2D eigenvalue weighted by Gasteiger charge is -2.33. The molecule has 0 aromatic carbocycles. The van der Waals surface area contributed by atoms with Gasteiger partial charge in [0.15, 0.2) is 0 Å². The van der Waals surface area contributed by atoms with Crippen LogP contribution < -0.4 is 5.32 Å². The molecule has 0 radical (unpaired) electrons. The zero-order valence-corrected chi connectivity index (χ0v) is 13.0. The van der Waals surface area contributed by atoms with E-state index in [0.717, 1.165) is 35.9 Å². The average molecular weight is 315 g/mol. The van der Waals surface area contributed by atoms with Crippen molar-refractivity contribution >= 4 is 22.9 Å². The van der Waals surface area contributed by atoms with Crippen LogP contribution in [0, 0.1) is 5.41 Å². The lowest BCUT2D eigenvalue weighted by atomic mass is 9.74. The van der Waals surface area contributed by atoms with Gasteiger partial charge in [-0.05, 0) is 30.5 Å². The molecule has 2 aromatic heterocycles. The molecule has 0 spiro atoms. The largest absolute Gasteiger partial charge is 0.481 e. The average Bonchev–Trinajstić information content (AvgIpc) is 2.97. The van der Waals surface area contributed by atoms with E-state index >= 15 is 0 Å². The first kappa shape index (κ1) is 15.5. The van der Waals surface area contributed by atoms with Crippen LogP contribution in [-0.2, 0) is 16.0 Å². The number of aliphatic carboxylic acids is 1. The highest BCUT2D eigenvalue weighted by molar-refractivity contribution is 5.87. The molecule has 3 rings (SSSR count). The molecule has 1 amide bonds. The number of carbonyl (C=O) groups excluding carboxylic acids is 1. The number of H-pyrrole nitrogens is 1. The Morgan fingerprint density at radius 1 is 1.30 bits per heavy atom. The standard InChI is InChI=1S/C17H21N3O3/c21-14(9-12-10-19-15-13(12)5-4-8-18-15)20-11-17(16(22)23)6-2-1-3-7-17/h4-5,8,10H,1-3,6-7,9,11H2,(H,18,19)(H,20,21)(H,22,23). The van der Waals surface area contributed by atoms with Crippen LogP contribution in [0.5, 0.6) is 0 Å². The summed E-state index contributed by atoms with van der Waals surface area (Å²) in [6.07, 6.45) is 7.88. The SMILES string of the molecule is O=C(Cc1c[nH]c2ncccc12)NCC1(C(=O)O)CCCCC1. The number of rotatable bonds is 5. The summed E-state index contributed by atoms with van der Waals surface area (Å²) in [5, 5.41) is 13.3. The number of pyridine rings is 1. The van der Waals surface area contributed by atoms with Crippen LogP contribution in [0.1, 0.15) is 37.7 Å². The Morgan fingerprint density at radius 3 is 2.83 bits per heavy atom. The molecule has 6 heteroatoms. The maximum atomic E-state index is 12.2. The zero-order valence-electron chi connectivity index (χ0n) is 13.0. The maximum Gasteiger partial charge on any atom is 0.311 e. The second-order valence-electron chi connectivity index (χ2n) is 6.31. The molecule has 1 fully saturated rings. The van der Waals surface area contributed by atoms with E-state index in [1.54, 1.807) is 12.4 Å². The summed E-state index contributed by atoms with van der Waals surface area (Å²) in [5.74, 6) is -0.949. The molecule has 0 unspecified atom stereocenters. The van der Waals surface area contributed by atoms with Crippen LogP contribution in [0.2, 0.25) is 0 Å². The highest BCUT2D eigenvalue weighted by atomic mass is 16.4. The van der Waals surface area contributed by atoms with E-state index in [4.69, 9.17) is 0 Å². The Kier molecular flexibility index (Phi) is 4.32. The third-order valence-electron chi connectivity index (χ3n) is 4.78. The van der Waals surface area contributed by atoms with Gasteiger partial charge in [-0.25, -0.2) is 4.98 Å². The first-order valence-corrected chi connectivity index (χ1v) is 8.02. The molecule has 0 bridgehead atoms. The summed E-state index contributed by atoms with van der Waals surface area (Å²) in [6, 6.07) is 3.75. The van der Waals surface area contributed by atoms with Gasteiger partial charge in [0.1, 0.15) is 5.65 Å². The van der Waals surface area contributed by atoms with Crippen molar-refractivity contribution in [2.75, 3.05) is 6.54 Å². The molecular formula is C17H21N3O3. The third kappa shape index (κ3) is 3.21. The molecule has 6 nitrogen and oxygen atoms in total. The van der Waals surface area contributed by atoms with Crippen molar-refractivity contribution in [3.63, 3.8) is 0 Å². The van der Waals surface area contributed by atoms with E-state index in [0.29, 0.717) is 12.8 Å². The van der Waals surface area contributed by atoms with Gasteiger partial charge in [0, 0.05) is 24.3 Å². The molecule has 0 aliphatic heterocycles. The molecule has 0 saturated heterocycles. The van der Waals surface area contributed by atoms with Crippen molar-refractivity contribution in [1.82, 2.24) is 15.3 Å². The number of carboxylic acids is 1. The van der Waals surface area contributed by atoms with E-state index < -0.39 is 11.4 Å². The van der Waals surface area contributed by atoms with E-state index in [-0.39, 0.29) is 18.9 Å². The summed E-state index contributed by atoms with van der Waals surface area (Å²) in [6.45, 7) is 0.210. The van der Waals surface area contributed by atoms with Crippen molar-refractivity contribution in [3.05, 3.63) is 30.1 Å². The number of carbonyl (C=O) groups is 2. The van der Waals surface area contributed by atoms with Crippen molar-refractivity contribution in [1.29, 1.82) is 0 Å². The molecule has 0 atom stereocenters. The van der Waals surface area contributed by atoms with Gasteiger partial charge in [-0.1, -0.05) is 19.3 Å². The number of amides is 1. The van der Waals surface area contributed by atoms with E-state index in [1.807, 2.05) is 12.1 Å². The summed E-state index contributed by atoms with van der Waals surface area (Å²) in [5.41, 5.74) is 0.832. The van der Waals surface area contributed by atoms with E-state index in [2.05, 4.69) is 15.3 Å². The molecule has 1 aliphatic rings. The van der Waals surface area contributed by atoms with Crippen molar-refractivity contribution in [2.24, 2.45) is 5.41 Å². The van der Waals surface area contributed by atoms with Gasteiger partial charge < -0.3 is 15.4 Å². The van der Waals surface area contributed by atoms with E-state index in [1.165, 1.54) is 0 Å². The normalized spacial score (nSPS) is 17.0. The molecule has 1 saturated carbocycles. The van der Waals surface area contributed by atoms with Crippen molar-refractivity contribution in [2.45, 2.75) is 38.5 Å². The van der Waals surface area contributed by atoms with Crippen molar-refractivity contribution in [3.8, 4) is 0 Å². The first-order valence-electron chi connectivity index (χ1n) is 8.02. The maximum absolute atomic E-state index is 12.2. The highest BCUT2D eigenvalue weighted by Gasteiger charge is 2.39. The Bertz CT molecular complexity index is 717. The molecule has 23 heavy (non-hydrogen) atoms. The number of aromatic nitrogens is 2. The van der Waals surface area contributed by atoms with Gasteiger partial charge in [0.05, 0.1) is 11.8 Å². The summed E-state index contributed by atoms with van der Waals surface area (Å²) in [4.78, 5) is 31.1. The van der Waals surface area contributed by atoms with Gasteiger partial charge in [0.2, 0.25) is 5.91 Å². The molecule has 2 aromatic rings. The highest BCUT2D eigenvalue weighted by Crippen LogP contribution is 2.36. The van der Waals surface area contributed by atoms with Gasteiger partial charge >= 0.3 is 5.97 Å². The Hall–Kier alpha value is -2.37. The molecule has 2 heterocycles. The van der Waals surface area contributed by atoms with Gasteiger partial charge in [-0.3, -0.25) is 9.59 Å². The number of hydrogen-bond donors (Lipinski definition) is 3. The summed E-state index contributed by atoms with van der Waals surface area (Å²) < 4.78 is 0. The van der Waals surface area contributed by atoms with Crippen molar-refractivity contribution < 1.29 is 14.7 Å². The minimum absolute atomic E-state index is 0.152. The van der Waals surface area contributed by atoms with Gasteiger partial charge in [0.25, 0.3) is 0 Å². The number of fused-ring (bicyclic) bond motifs is 1. The van der Waals surface area contributed by atoms with Crippen LogP contribution in [0.3, 0.4) is 0 Å². The zero-order chi connectivity index (χ0) is 16.3. The molecule has 122 valence electrons. The van der Waals surface area contributed by atoms with Crippen LogP contribution in [0.4, 0.5) is 0 Å². The minimum Gasteiger partial charge on any atom is -0.481 e. The van der Waals surface area contributed by atoms with Crippen LogP contribution >= 0.6 is 0 Å². The lowest BCUT2D eigenvalue weighted by Crippen LogP contribution is -2.44. The number of aromatic amines is 1. The van der Waals surface area contributed by atoms with Gasteiger partial charge in [-0.2, -0.15) is 0 Å². The second-order valence-corrected chi connectivity index (χ2v) is 6.31. The topological polar surface area (TPSA) is 95.1 Å². The molecule has 1 aliphatic carbocycles. The minimum atomic E-state index is -0.797. The van der Waals surface area contributed by atoms with Crippen LogP contribution in [0.25, 0.3) is 11.0 Å². The predicted molar refractivity (Wildman–Crippen MR) is 86.0 cm³/mol. The van der Waals surface area contributed by atoms with Gasteiger partial charge in [-0.15, -0.1) is 0 Å². The smallest absolute Gasteiger partial charge is 0.311 e. The fraction of sp³-hybridized carbons (Fsp3) is 0.471. The molecule has 3 N–H and O–H groups in total. The molecular weight excluding hydrogens is 294 g/mol. The second kappa shape index (κ2) is 6.40. The fourth-order valence-corrected chi connectivity index (χ4v) is 3.36. The Morgan fingerprint density at radius 2 is 2.09 bits per heavy atom. The monoisotopic (exact) mass is 315 g/mol. The lowest BCUT2D eigenvalue weighted by molar-refractivity contribution is -0.151. The quantitative estimate of drug-likeness (QED) is 0.788. The van der Waals surface area contributed by atoms with Crippen LogP contribution in [0.15, 0.2) is 24.5 Å². The Balaban J connectivity index is 1.64. The first-order chi connectivity index (χ1) is 11.1. The number of carboxylic acid groups (broad SMARTS) is 1. The number of hydrogen-bond acceptors (Lipinski definition) is 3. The summed E-state index contributed by atoms with van der Waals surface area (Å²) in [7, 11) is 0. The third-order valence-corrected chi connectivity index (χ3v) is 4.78.